The van der Waals surface area contributed by atoms with Gasteiger partial charge in [-0.1, -0.05) is 12.1 Å². The molecule has 0 fully saturated rings. The van der Waals surface area contributed by atoms with Crippen molar-refractivity contribution in [3.63, 3.8) is 0 Å². The van der Waals surface area contributed by atoms with Crippen LogP contribution in [0.3, 0.4) is 0 Å². The van der Waals surface area contributed by atoms with Gasteiger partial charge in [-0.25, -0.2) is 0 Å². The van der Waals surface area contributed by atoms with Crippen molar-refractivity contribution in [3.05, 3.63) is 46.7 Å². The maximum atomic E-state index is 12.6. The third kappa shape index (κ3) is 4.46. The van der Waals surface area contributed by atoms with Gasteiger partial charge in [0.1, 0.15) is 12.4 Å². The predicted octanol–water partition coefficient (Wildman–Crippen LogP) is 3.69. The minimum Gasteiger partial charge on any atom is -0.490 e. The summed E-state index contributed by atoms with van der Waals surface area (Å²) in [7, 11) is 0. The van der Waals surface area contributed by atoms with Crippen molar-refractivity contribution < 1.29 is 27.8 Å². The highest BCUT2D eigenvalue weighted by Crippen LogP contribution is 2.31. The monoisotopic (exact) mass is 345 g/mol. The number of halogens is 3. The first kappa shape index (κ1) is 17.3. The van der Waals surface area contributed by atoms with Gasteiger partial charge in [-0.3, -0.25) is 4.79 Å². The van der Waals surface area contributed by atoms with Crippen LogP contribution < -0.4 is 10.1 Å². The standard InChI is InChI=1S/C15H14F3NO3S/c1-14(21,15(16,17)18)9-22-11-5-2-4-10(8-11)19-13(20)12-6-3-7-23-12/h2-8,21H,9H2,1H3,(H,19,20)/t14-/m1/s1. The maximum Gasteiger partial charge on any atom is 0.420 e. The number of benzene rings is 1. The molecular formula is C15H14F3NO3S. The zero-order chi connectivity index (χ0) is 17.1. The van der Waals surface area contributed by atoms with E-state index in [4.69, 9.17) is 4.74 Å². The first-order valence-electron chi connectivity index (χ1n) is 6.56. The number of alkyl halides is 3. The summed E-state index contributed by atoms with van der Waals surface area (Å²) in [6, 6.07) is 9.33. The third-order valence-electron chi connectivity index (χ3n) is 2.97. The number of hydrogen-bond acceptors (Lipinski definition) is 4. The van der Waals surface area contributed by atoms with Gasteiger partial charge in [0, 0.05) is 11.8 Å². The summed E-state index contributed by atoms with van der Waals surface area (Å²) in [6.45, 7) is -0.311. The third-order valence-corrected chi connectivity index (χ3v) is 3.84. The molecule has 0 saturated heterocycles. The van der Waals surface area contributed by atoms with E-state index in [0.717, 1.165) is 0 Å². The molecule has 2 rings (SSSR count). The summed E-state index contributed by atoms with van der Waals surface area (Å²) in [5, 5.41) is 13.7. The average Bonchev–Trinajstić information content (AvgIpc) is 2.99. The van der Waals surface area contributed by atoms with Crippen LogP contribution in [0, 0.1) is 0 Å². The van der Waals surface area contributed by atoms with Crippen LogP contribution in [0.5, 0.6) is 5.75 Å². The molecule has 0 spiro atoms. The Morgan fingerprint density at radius 1 is 1.30 bits per heavy atom. The second-order valence-electron chi connectivity index (χ2n) is 5.02. The van der Waals surface area contributed by atoms with E-state index in [0.29, 0.717) is 17.5 Å². The Hall–Kier alpha value is -2.06. The van der Waals surface area contributed by atoms with E-state index in [9.17, 15) is 23.1 Å². The fourth-order valence-electron chi connectivity index (χ4n) is 1.57. The van der Waals surface area contributed by atoms with Crippen molar-refractivity contribution in [2.75, 3.05) is 11.9 Å². The lowest BCUT2D eigenvalue weighted by Gasteiger charge is -2.26. The molecule has 0 aliphatic carbocycles. The minimum absolute atomic E-state index is 0.110. The highest BCUT2D eigenvalue weighted by molar-refractivity contribution is 7.12. The van der Waals surface area contributed by atoms with Gasteiger partial charge >= 0.3 is 6.18 Å². The second-order valence-corrected chi connectivity index (χ2v) is 5.97. The van der Waals surface area contributed by atoms with Crippen LogP contribution in [-0.2, 0) is 0 Å². The highest BCUT2D eigenvalue weighted by atomic mass is 32.1. The van der Waals surface area contributed by atoms with E-state index in [1.165, 1.54) is 29.5 Å². The Morgan fingerprint density at radius 3 is 2.65 bits per heavy atom. The summed E-state index contributed by atoms with van der Waals surface area (Å²) in [4.78, 5) is 12.4. The molecule has 23 heavy (non-hydrogen) atoms. The molecule has 0 unspecified atom stereocenters. The number of thiophene rings is 1. The van der Waals surface area contributed by atoms with E-state index in [1.807, 2.05) is 0 Å². The number of nitrogens with one attached hydrogen (secondary N) is 1. The van der Waals surface area contributed by atoms with Crippen LogP contribution in [0.15, 0.2) is 41.8 Å². The first-order valence-corrected chi connectivity index (χ1v) is 7.44. The number of carbonyl (C=O) groups excluding carboxylic acids is 1. The van der Waals surface area contributed by atoms with Crippen LogP contribution in [0.1, 0.15) is 16.6 Å². The average molecular weight is 345 g/mol. The van der Waals surface area contributed by atoms with Gasteiger partial charge in [0.05, 0.1) is 4.88 Å². The van der Waals surface area contributed by atoms with E-state index < -0.39 is 18.4 Å². The molecule has 4 nitrogen and oxygen atoms in total. The lowest BCUT2D eigenvalue weighted by molar-refractivity contribution is -0.260. The zero-order valence-electron chi connectivity index (χ0n) is 12.1. The topological polar surface area (TPSA) is 58.6 Å². The van der Waals surface area contributed by atoms with Gasteiger partial charge in [-0.05, 0) is 30.5 Å². The minimum atomic E-state index is -4.79. The van der Waals surface area contributed by atoms with Crippen LogP contribution in [0.25, 0.3) is 0 Å². The smallest absolute Gasteiger partial charge is 0.420 e. The number of aliphatic hydroxyl groups is 1. The Bertz CT molecular complexity index is 669. The Labute approximate surface area is 134 Å². The number of anilines is 1. The number of hydrogen-bond donors (Lipinski definition) is 2. The molecule has 0 aliphatic rings. The molecule has 0 saturated carbocycles. The Kier molecular flexibility index (Phi) is 4.96. The van der Waals surface area contributed by atoms with Gasteiger partial charge in [0.15, 0.2) is 5.60 Å². The molecule has 1 atom stereocenters. The van der Waals surface area contributed by atoms with Gasteiger partial charge in [-0.2, -0.15) is 13.2 Å². The van der Waals surface area contributed by atoms with Crippen molar-refractivity contribution in [1.82, 2.24) is 0 Å². The summed E-state index contributed by atoms with van der Waals surface area (Å²) < 4.78 is 42.7. The maximum absolute atomic E-state index is 12.6. The molecule has 8 heteroatoms. The summed E-state index contributed by atoms with van der Waals surface area (Å²) in [5.74, 6) is -0.210. The first-order chi connectivity index (χ1) is 10.7. The molecule has 1 amide bonds. The summed E-state index contributed by atoms with van der Waals surface area (Å²) in [6.07, 6.45) is -4.79. The zero-order valence-corrected chi connectivity index (χ0v) is 12.9. The lowest BCUT2D eigenvalue weighted by atomic mass is 10.1. The van der Waals surface area contributed by atoms with Crippen LogP contribution in [-0.4, -0.2) is 29.4 Å². The van der Waals surface area contributed by atoms with Gasteiger partial charge < -0.3 is 15.2 Å². The SMILES string of the molecule is C[C@@](O)(COc1cccc(NC(=O)c2cccs2)c1)C(F)(F)F. The molecule has 1 aromatic carbocycles. The highest BCUT2D eigenvalue weighted by Gasteiger charge is 2.50. The second kappa shape index (κ2) is 6.59. The van der Waals surface area contributed by atoms with Crippen LogP contribution in [0.4, 0.5) is 18.9 Å². The van der Waals surface area contributed by atoms with Crippen LogP contribution in [0.2, 0.25) is 0 Å². The molecule has 0 radical (unpaired) electrons. The van der Waals surface area contributed by atoms with E-state index >= 15 is 0 Å². The fraction of sp³-hybridized carbons (Fsp3) is 0.267. The molecule has 1 heterocycles. The molecule has 1 aromatic heterocycles. The number of ether oxygens (including phenoxy) is 1. The summed E-state index contributed by atoms with van der Waals surface area (Å²) >= 11 is 1.27. The molecule has 0 bridgehead atoms. The van der Waals surface area contributed by atoms with Crippen LogP contribution >= 0.6 is 11.3 Å². The van der Waals surface area contributed by atoms with Crippen molar-refractivity contribution in [2.24, 2.45) is 0 Å². The normalized spacial score (nSPS) is 14.1. The quantitative estimate of drug-likeness (QED) is 0.869. The molecule has 2 N–H and O–H groups in total. The van der Waals surface area contributed by atoms with Gasteiger partial charge in [0.2, 0.25) is 0 Å². The molecule has 0 aliphatic heterocycles. The van der Waals surface area contributed by atoms with Crippen molar-refractivity contribution in [3.8, 4) is 5.75 Å². The van der Waals surface area contributed by atoms with Crippen molar-refractivity contribution in [2.45, 2.75) is 18.7 Å². The summed E-state index contributed by atoms with van der Waals surface area (Å²) in [5.41, 5.74) is -2.57. The fourth-order valence-corrected chi connectivity index (χ4v) is 2.19. The van der Waals surface area contributed by atoms with E-state index in [-0.39, 0.29) is 11.7 Å². The van der Waals surface area contributed by atoms with E-state index in [1.54, 1.807) is 23.6 Å². The molecule has 124 valence electrons. The van der Waals surface area contributed by atoms with Crippen molar-refractivity contribution in [1.29, 1.82) is 0 Å². The van der Waals surface area contributed by atoms with Gasteiger partial charge in [-0.15, -0.1) is 11.3 Å². The van der Waals surface area contributed by atoms with Crippen molar-refractivity contribution >= 4 is 22.9 Å². The Morgan fingerprint density at radius 2 is 2.04 bits per heavy atom. The predicted molar refractivity (Wildman–Crippen MR) is 80.9 cm³/mol. The van der Waals surface area contributed by atoms with Gasteiger partial charge in [0.25, 0.3) is 5.91 Å². The number of amides is 1. The number of carbonyl (C=O) groups is 1. The largest absolute Gasteiger partial charge is 0.490 e. The Balaban J connectivity index is 2.01. The molecular weight excluding hydrogens is 331 g/mol. The van der Waals surface area contributed by atoms with E-state index in [2.05, 4.69) is 5.32 Å². The molecule has 2 aromatic rings. The number of rotatable bonds is 5. The lowest BCUT2D eigenvalue weighted by Crippen LogP contribution is -2.47.